The summed E-state index contributed by atoms with van der Waals surface area (Å²) in [6.45, 7) is 0.340. The Morgan fingerprint density at radius 1 is 1.50 bits per heavy atom. The maximum Gasteiger partial charge on any atom is 0.150 e. The first-order valence-corrected chi connectivity index (χ1v) is 6.02. The van der Waals surface area contributed by atoms with Crippen LogP contribution in [-0.2, 0) is 6.61 Å². The number of nitrogens with zero attached hydrogens (tertiary/aromatic N) is 2. The number of hydrogen-bond donors (Lipinski definition) is 2. The number of nitrogens with two attached hydrogens (primary N) is 1. The van der Waals surface area contributed by atoms with E-state index in [0.717, 1.165) is 15.2 Å². The summed E-state index contributed by atoms with van der Waals surface area (Å²) in [5.41, 5.74) is 3.23. The molecule has 2 rings (SSSR count). The lowest BCUT2D eigenvalue weighted by Gasteiger charge is -2.05. The Labute approximate surface area is 105 Å². The van der Waals surface area contributed by atoms with Gasteiger partial charge in [-0.25, -0.2) is 5.84 Å². The van der Waals surface area contributed by atoms with Gasteiger partial charge in [0.05, 0.1) is 0 Å². The number of benzene rings is 1. The molecule has 0 radical (unpaired) electrons. The summed E-state index contributed by atoms with van der Waals surface area (Å²) in [4.78, 5) is 0. The quantitative estimate of drug-likeness (QED) is 0.669. The molecule has 0 aliphatic rings. The monoisotopic (exact) mass is 300 g/mol. The first kappa shape index (κ1) is 11.3. The molecule has 7 heteroatoms. The minimum atomic E-state index is 0.340. The molecule has 0 spiro atoms. The SMILES string of the molecule is NNc1snnc1COc1cccc(Br)c1. The van der Waals surface area contributed by atoms with Crippen molar-refractivity contribution in [3.05, 3.63) is 34.4 Å². The summed E-state index contributed by atoms with van der Waals surface area (Å²) in [7, 11) is 0. The highest BCUT2D eigenvalue weighted by Gasteiger charge is 2.07. The molecule has 16 heavy (non-hydrogen) atoms. The van der Waals surface area contributed by atoms with Crippen LogP contribution in [0.25, 0.3) is 0 Å². The zero-order valence-electron chi connectivity index (χ0n) is 8.18. The number of aromatic nitrogens is 2. The smallest absolute Gasteiger partial charge is 0.150 e. The predicted octanol–water partition coefficient (Wildman–Crippen LogP) is 2.17. The second kappa shape index (κ2) is 5.24. The highest BCUT2D eigenvalue weighted by Crippen LogP contribution is 2.21. The van der Waals surface area contributed by atoms with Gasteiger partial charge in [-0.05, 0) is 18.2 Å². The van der Waals surface area contributed by atoms with Crippen LogP contribution in [0.1, 0.15) is 5.69 Å². The van der Waals surface area contributed by atoms with Gasteiger partial charge in [0.2, 0.25) is 0 Å². The summed E-state index contributed by atoms with van der Waals surface area (Å²) in [6.07, 6.45) is 0. The molecular weight excluding hydrogens is 292 g/mol. The Hall–Kier alpha value is -1.18. The van der Waals surface area contributed by atoms with E-state index in [0.29, 0.717) is 12.3 Å². The zero-order chi connectivity index (χ0) is 11.4. The van der Waals surface area contributed by atoms with Crippen LogP contribution in [0.2, 0.25) is 0 Å². The molecule has 0 aliphatic carbocycles. The van der Waals surface area contributed by atoms with Crippen LogP contribution < -0.4 is 16.0 Å². The molecule has 0 saturated carbocycles. The molecule has 2 aromatic rings. The summed E-state index contributed by atoms with van der Waals surface area (Å²) >= 11 is 4.57. The fourth-order valence-electron chi connectivity index (χ4n) is 1.12. The van der Waals surface area contributed by atoms with Gasteiger partial charge >= 0.3 is 0 Å². The zero-order valence-corrected chi connectivity index (χ0v) is 10.6. The number of nitrogen functional groups attached to an aromatic ring is 1. The Balaban J connectivity index is 2.02. The van der Waals surface area contributed by atoms with Crippen LogP contribution in [0.5, 0.6) is 5.75 Å². The number of ether oxygens (including phenoxy) is 1. The van der Waals surface area contributed by atoms with Gasteiger partial charge in [-0.2, -0.15) is 0 Å². The van der Waals surface area contributed by atoms with E-state index >= 15 is 0 Å². The Morgan fingerprint density at radius 2 is 2.38 bits per heavy atom. The largest absolute Gasteiger partial charge is 0.487 e. The van der Waals surface area contributed by atoms with E-state index in [9.17, 15) is 0 Å². The van der Waals surface area contributed by atoms with E-state index in [4.69, 9.17) is 10.6 Å². The molecule has 0 atom stereocenters. The fraction of sp³-hybridized carbons (Fsp3) is 0.111. The third kappa shape index (κ3) is 2.69. The topological polar surface area (TPSA) is 73.1 Å². The minimum absolute atomic E-state index is 0.340. The molecule has 1 heterocycles. The highest BCUT2D eigenvalue weighted by atomic mass is 79.9. The average Bonchev–Trinajstić information content (AvgIpc) is 2.74. The van der Waals surface area contributed by atoms with Gasteiger partial charge in [0.1, 0.15) is 18.1 Å². The molecule has 1 aromatic carbocycles. The van der Waals surface area contributed by atoms with Crippen LogP contribution in [0.3, 0.4) is 0 Å². The Kier molecular flexibility index (Phi) is 3.70. The summed E-state index contributed by atoms with van der Waals surface area (Å²) < 4.78 is 10.3. The first-order valence-electron chi connectivity index (χ1n) is 4.46. The van der Waals surface area contributed by atoms with E-state index in [2.05, 4.69) is 30.9 Å². The minimum Gasteiger partial charge on any atom is -0.487 e. The summed E-state index contributed by atoms with van der Waals surface area (Å²) in [6, 6.07) is 7.60. The van der Waals surface area contributed by atoms with Gasteiger partial charge in [0, 0.05) is 16.0 Å². The van der Waals surface area contributed by atoms with E-state index < -0.39 is 0 Å². The molecule has 0 bridgehead atoms. The maximum absolute atomic E-state index is 5.55. The standard InChI is InChI=1S/C9H9BrN4OS/c10-6-2-1-3-7(4-6)15-5-8-9(12-11)16-14-13-8/h1-4,12H,5,11H2. The number of halogens is 1. The first-order chi connectivity index (χ1) is 7.79. The van der Waals surface area contributed by atoms with Crippen molar-refractivity contribution in [2.24, 2.45) is 5.84 Å². The number of rotatable bonds is 4. The van der Waals surface area contributed by atoms with Crippen LogP contribution in [0.15, 0.2) is 28.7 Å². The van der Waals surface area contributed by atoms with E-state index in [1.54, 1.807) is 0 Å². The van der Waals surface area contributed by atoms with Crippen LogP contribution in [0, 0.1) is 0 Å². The lowest BCUT2D eigenvalue weighted by molar-refractivity contribution is 0.301. The van der Waals surface area contributed by atoms with Gasteiger partial charge in [-0.3, -0.25) is 0 Å². The number of anilines is 1. The molecule has 0 unspecified atom stereocenters. The highest BCUT2D eigenvalue weighted by molar-refractivity contribution is 9.10. The normalized spacial score (nSPS) is 10.1. The number of hydrazine groups is 1. The van der Waals surface area contributed by atoms with Crippen molar-refractivity contribution in [2.45, 2.75) is 6.61 Å². The molecule has 3 N–H and O–H groups in total. The molecule has 5 nitrogen and oxygen atoms in total. The van der Waals surface area contributed by atoms with Crippen LogP contribution >= 0.6 is 27.5 Å². The summed E-state index contributed by atoms with van der Waals surface area (Å²) in [5.74, 6) is 6.07. The second-order valence-corrected chi connectivity index (χ2v) is 4.61. The fourth-order valence-corrected chi connectivity index (χ4v) is 1.98. The molecule has 84 valence electrons. The molecule has 0 fully saturated rings. The van der Waals surface area contributed by atoms with Crippen molar-refractivity contribution in [1.82, 2.24) is 9.59 Å². The third-order valence-electron chi connectivity index (χ3n) is 1.86. The predicted molar refractivity (Wildman–Crippen MR) is 66.2 cm³/mol. The van der Waals surface area contributed by atoms with Crippen molar-refractivity contribution in [2.75, 3.05) is 5.43 Å². The molecule has 0 saturated heterocycles. The van der Waals surface area contributed by atoms with Crippen molar-refractivity contribution in [1.29, 1.82) is 0 Å². The maximum atomic E-state index is 5.55. The molecular formula is C9H9BrN4OS. The molecule has 0 amide bonds. The van der Waals surface area contributed by atoms with Gasteiger partial charge in [0.25, 0.3) is 0 Å². The lowest BCUT2D eigenvalue weighted by Crippen LogP contribution is -2.08. The Morgan fingerprint density at radius 3 is 3.12 bits per heavy atom. The molecule has 1 aromatic heterocycles. The van der Waals surface area contributed by atoms with Crippen molar-refractivity contribution < 1.29 is 4.74 Å². The van der Waals surface area contributed by atoms with Crippen LogP contribution in [-0.4, -0.2) is 9.59 Å². The van der Waals surface area contributed by atoms with Gasteiger partial charge in [-0.1, -0.05) is 26.5 Å². The second-order valence-electron chi connectivity index (χ2n) is 2.94. The summed E-state index contributed by atoms with van der Waals surface area (Å²) in [5, 5.41) is 4.63. The molecule has 0 aliphatic heterocycles. The van der Waals surface area contributed by atoms with Crippen LogP contribution in [0.4, 0.5) is 5.00 Å². The lowest BCUT2D eigenvalue weighted by atomic mass is 10.3. The number of nitrogens with one attached hydrogen (secondary N) is 1. The van der Waals surface area contributed by atoms with Gasteiger partial charge in [0.15, 0.2) is 5.00 Å². The van der Waals surface area contributed by atoms with Gasteiger partial charge < -0.3 is 10.2 Å². The van der Waals surface area contributed by atoms with Gasteiger partial charge in [-0.15, -0.1) is 5.10 Å². The number of hydrogen-bond acceptors (Lipinski definition) is 6. The van der Waals surface area contributed by atoms with Crippen molar-refractivity contribution >= 4 is 32.5 Å². The van der Waals surface area contributed by atoms with E-state index in [-0.39, 0.29) is 0 Å². The van der Waals surface area contributed by atoms with Crippen molar-refractivity contribution in [3.63, 3.8) is 0 Å². The van der Waals surface area contributed by atoms with Crippen molar-refractivity contribution in [3.8, 4) is 5.75 Å². The Bertz CT molecular complexity index is 476. The average molecular weight is 301 g/mol. The van der Waals surface area contributed by atoms with E-state index in [1.165, 1.54) is 11.5 Å². The third-order valence-corrected chi connectivity index (χ3v) is 3.05. The van der Waals surface area contributed by atoms with E-state index in [1.807, 2.05) is 24.3 Å².